The van der Waals surface area contributed by atoms with Crippen LogP contribution < -0.4 is 0 Å². The number of aromatic nitrogens is 3. The van der Waals surface area contributed by atoms with Crippen LogP contribution in [0.15, 0.2) is 6.33 Å². The zero-order valence-electron chi connectivity index (χ0n) is 10.1. The van der Waals surface area contributed by atoms with Gasteiger partial charge < -0.3 is 5.11 Å². The number of aliphatic hydroxyl groups is 1. The van der Waals surface area contributed by atoms with Crippen molar-refractivity contribution in [1.82, 2.24) is 14.8 Å². The normalized spacial score (nSPS) is 12.9. The van der Waals surface area contributed by atoms with E-state index < -0.39 is 0 Å². The van der Waals surface area contributed by atoms with Crippen molar-refractivity contribution in [3.05, 3.63) is 12.2 Å². The summed E-state index contributed by atoms with van der Waals surface area (Å²) in [5.74, 6) is 3.02. The Balaban J connectivity index is 2.36. The molecule has 0 saturated carbocycles. The molecule has 0 bridgehead atoms. The molecular formula is C11H21N3OS. The molecule has 1 aromatic heterocycles. The van der Waals surface area contributed by atoms with Gasteiger partial charge in [-0.15, -0.1) is 0 Å². The van der Waals surface area contributed by atoms with E-state index in [4.69, 9.17) is 0 Å². The Hall–Kier alpha value is -0.550. The molecule has 5 heteroatoms. The summed E-state index contributed by atoms with van der Waals surface area (Å²) < 4.78 is 1.89. The lowest BCUT2D eigenvalue weighted by Gasteiger charge is -2.10. The summed E-state index contributed by atoms with van der Waals surface area (Å²) in [4.78, 5) is 4.19. The van der Waals surface area contributed by atoms with Gasteiger partial charge >= 0.3 is 0 Å². The lowest BCUT2D eigenvalue weighted by Crippen LogP contribution is -2.16. The number of nitrogens with zero attached hydrogens (tertiary/aromatic N) is 3. The van der Waals surface area contributed by atoms with Crippen LogP contribution in [0, 0.1) is 0 Å². The van der Waals surface area contributed by atoms with Crippen molar-refractivity contribution in [2.75, 3.05) is 11.5 Å². The predicted octanol–water partition coefficient (Wildman–Crippen LogP) is 1.73. The van der Waals surface area contributed by atoms with Crippen molar-refractivity contribution in [3.8, 4) is 0 Å². The van der Waals surface area contributed by atoms with Gasteiger partial charge in [-0.3, -0.25) is 4.68 Å². The first-order valence-corrected chi connectivity index (χ1v) is 7.05. The van der Waals surface area contributed by atoms with Crippen LogP contribution in [0.4, 0.5) is 0 Å². The maximum atomic E-state index is 9.85. The zero-order chi connectivity index (χ0) is 11.8. The highest BCUT2D eigenvalue weighted by molar-refractivity contribution is 7.99. The monoisotopic (exact) mass is 243 g/mol. The van der Waals surface area contributed by atoms with Crippen LogP contribution >= 0.6 is 11.8 Å². The Labute approximate surface area is 101 Å². The van der Waals surface area contributed by atoms with E-state index in [1.54, 1.807) is 6.33 Å². The third-order valence-electron chi connectivity index (χ3n) is 2.35. The predicted molar refractivity (Wildman–Crippen MR) is 67.6 cm³/mol. The van der Waals surface area contributed by atoms with Gasteiger partial charge in [0.15, 0.2) is 0 Å². The molecule has 0 aromatic carbocycles. The smallest absolute Gasteiger partial charge is 0.138 e. The fraction of sp³-hybridized carbons (Fsp3) is 0.818. The van der Waals surface area contributed by atoms with E-state index in [9.17, 15) is 5.11 Å². The number of rotatable bonds is 8. The highest BCUT2D eigenvalue weighted by Gasteiger charge is 2.10. The summed E-state index contributed by atoms with van der Waals surface area (Å²) in [6, 6.07) is 0. The molecule has 1 rings (SSSR count). The van der Waals surface area contributed by atoms with E-state index in [2.05, 4.69) is 23.9 Å². The second-order valence-corrected chi connectivity index (χ2v) is 5.14. The van der Waals surface area contributed by atoms with E-state index in [1.807, 2.05) is 16.4 Å². The van der Waals surface area contributed by atoms with Crippen LogP contribution in [0.2, 0.25) is 0 Å². The molecule has 4 nitrogen and oxygen atoms in total. The highest BCUT2D eigenvalue weighted by atomic mass is 32.2. The molecule has 16 heavy (non-hydrogen) atoms. The van der Waals surface area contributed by atoms with Gasteiger partial charge in [0.2, 0.25) is 0 Å². The van der Waals surface area contributed by atoms with Gasteiger partial charge in [0.1, 0.15) is 12.2 Å². The molecule has 0 radical (unpaired) electrons. The van der Waals surface area contributed by atoms with E-state index >= 15 is 0 Å². The lowest BCUT2D eigenvalue weighted by atomic mass is 10.2. The second kappa shape index (κ2) is 7.68. The molecule has 0 aliphatic carbocycles. The molecule has 92 valence electrons. The second-order valence-electron chi connectivity index (χ2n) is 3.74. The maximum absolute atomic E-state index is 9.85. The van der Waals surface area contributed by atoms with Crippen LogP contribution in [0.3, 0.4) is 0 Å². The first kappa shape index (κ1) is 13.5. The van der Waals surface area contributed by atoms with E-state index in [0.29, 0.717) is 6.42 Å². The first-order valence-electron chi connectivity index (χ1n) is 5.90. The fourth-order valence-electron chi connectivity index (χ4n) is 1.52. The van der Waals surface area contributed by atoms with E-state index in [0.717, 1.165) is 36.7 Å². The fourth-order valence-corrected chi connectivity index (χ4v) is 2.25. The minimum Gasteiger partial charge on any atom is -0.393 e. The average molecular weight is 243 g/mol. The molecule has 1 N–H and O–H groups in total. The molecule has 0 amide bonds. The maximum Gasteiger partial charge on any atom is 0.138 e. The molecule has 1 aromatic rings. The minimum absolute atomic E-state index is 0.293. The molecule has 0 aliphatic heterocycles. The summed E-state index contributed by atoms with van der Waals surface area (Å²) >= 11 is 1.86. The summed E-state index contributed by atoms with van der Waals surface area (Å²) in [6.45, 7) is 5.13. The topological polar surface area (TPSA) is 50.9 Å². The van der Waals surface area contributed by atoms with Gasteiger partial charge in [0.05, 0.1) is 6.10 Å². The third kappa shape index (κ3) is 4.53. The lowest BCUT2D eigenvalue weighted by molar-refractivity contribution is 0.168. The molecule has 0 fully saturated rings. The molecule has 0 saturated heterocycles. The van der Waals surface area contributed by atoms with Gasteiger partial charge in [-0.1, -0.05) is 13.8 Å². The molecule has 1 atom stereocenters. The quantitative estimate of drug-likeness (QED) is 0.707. The van der Waals surface area contributed by atoms with Crippen LogP contribution in [0.1, 0.15) is 32.5 Å². The van der Waals surface area contributed by atoms with Crippen molar-refractivity contribution < 1.29 is 5.11 Å². The number of hydrogen-bond donors (Lipinski definition) is 1. The molecular weight excluding hydrogens is 222 g/mol. The Kier molecular flexibility index (Phi) is 6.49. The number of aliphatic hydroxyl groups excluding tert-OH is 1. The Bertz CT molecular complexity index is 291. The Morgan fingerprint density at radius 1 is 1.50 bits per heavy atom. The summed E-state index contributed by atoms with van der Waals surface area (Å²) in [7, 11) is 0. The van der Waals surface area contributed by atoms with E-state index in [-0.39, 0.29) is 6.10 Å². The van der Waals surface area contributed by atoms with Crippen LogP contribution in [0.5, 0.6) is 0 Å². The largest absolute Gasteiger partial charge is 0.393 e. The molecule has 0 aliphatic rings. The Morgan fingerprint density at radius 2 is 2.31 bits per heavy atom. The highest BCUT2D eigenvalue weighted by Crippen LogP contribution is 2.08. The molecule has 1 unspecified atom stereocenters. The van der Waals surface area contributed by atoms with Gasteiger partial charge in [0.25, 0.3) is 0 Å². The van der Waals surface area contributed by atoms with Gasteiger partial charge in [0, 0.05) is 13.0 Å². The van der Waals surface area contributed by atoms with Crippen LogP contribution in [0.25, 0.3) is 0 Å². The first-order chi connectivity index (χ1) is 7.77. The Morgan fingerprint density at radius 3 is 3.00 bits per heavy atom. The van der Waals surface area contributed by atoms with Crippen LogP contribution in [-0.2, 0) is 13.0 Å². The van der Waals surface area contributed by atoms with Crippen molar-refractivity contribution in [3.63, 3.8) is 0 Å². The summed E-state index contributed by atoms with van der Waals surface area (Å²) in [6.07, 6.45) is 3.76. The molecule has 1 heterocycles. The van der Waals surface area contributed by atoms with Crippen LogP contribution in [-0.4, -0.2) is 37.5 Å². The standard InChI is InChI=1S/C11H21N3OS/c1-3-6-14-11(12-9-13-14)8-10(15)5-7-16-4-2/h9-10,15H,3-8H2,1-2H3. The summed E-state index contributed by atoms with van der Waals surface area (Å²) in [5.41, 5.74) is 0. The SMILES string of the molecule is CCCn1ncnc1CC(O)CCSCC. The van der Waals surface area contributed by atoms with Crippen molar-refractivity contribution in [2.45, 2.75) is 45.8 Å². The zero-order valence-corrected chi connectivity index (χ0v) is 10.9. The minimum atomic E-state index is -0.293. The molecule has 0 spiro atoms. The van der Waals surface area contributed by atoms with Crippen molar-refractivity contribution in [1.29, 1.82) is 0 Å². The average Bonchev–Trinajstić information content (AvgIpc) is 2.67. The van der Waals surface area contributed by atoms with E-state index in [1.165, 1.54) is 0 Å². The van der Waals surface area contributed by atoms with Gasteiger partial charge in [-0.2, -0.15) is 16.9 Å². The van der Waals surface area contributed by atoms with Gasteiger partial charge in [-0.05, 0) is 24.3 Å². The third-order valence-corrected chi connectivity index (χ3v) is 3.28. The van der Waals surface area contributed by atoms with Crippen molar-refractivity contribution >= 4 is 11.8 Å². The summed E-state index contributed by atoms with van der Waals surface area (Å²) in [5, 5.41) is 14.0. The van der Waals surface area contributed by atoms with Crippen molar-refractivity contribution in [2.24, 2.45) is 0 Å². The number of thioether (sulfide) groups is 1. The van der Waals surface area contributed by atoms with Gasteiger partial charge in [-0.25, -0.2) is 4.98 Å². The number of aryl methyl sites for hydroxylation is 1. The number of hydrogen-bond acceptors (Lipinski definition) is 4.